The van der Waals surface area contributed by atoms with Gasteiger partial charge in [0.2, 0.25) is 0 Å². The standard InChI is InChI=1S/C13H18N2O3/c1-13(2,3)18-11(16)10(15-12(14)17)9-7-5-4-6-8-9/h4-8,10H,1-3H3,(H3,14,15,17)/t10-/m1/s1. The van der Waals surface area contributed by atoms with Crippen molar-refractivity contribution in [1.29, 1.82) is 0 Å². The van der Waals surface area contributed by atoms with Gasteiger partial charge in [-0.3, -0.25) is 0 Å². The molecule has 0 saturated heterocycles. The van der Waals surface area contributed by atoms with Gasteiger partial charge >= 0.3 is 12.0 Å². The minimum absolute atomic E-state index is 0.535. The van der Waals surface area contributed by atoms with Crippen LogP contribution in [-0.2, 0) is 9.53 Å². The molecule has 2 amide bonds. The number of primary amides is 1. The van der Waals surface area contributed by atoms with Crippen molar-refractivity contribution in [2.75, 3.05) is 0 Å². The minimum Gasteiger partial charge on any atom is -0.458 e. The fourth-order valence-corrected chi connectivity index (χ4v) is 1.43. The Bertz CT molecular complexity index is 424. The Morgan fingerprint density at radius 1 is 1.22 bits per heavy atom. The maximum atomic E-state index is 12.0. The van der Waals surface area contributed by atoms with Gasteiger partial charge < -0.3 is 15.8 Å². The highest BCUT2D eigenvalue weighted by Crippen LogP contribution is 2.18. The molecule has 98 valence electrons. The second kappa shape index (κ2) is 5.53. The molecule has 0 spiro atoms. The lowest BCUT2D eigenvalue weighted by Gasteiger charge is -2.24. The Labute approximate surface area is 106 Å². The van der Waals surface area contributed by atoms with E-state index in [0.717, 1.165) is 0 Å². The van der Waals surface area contributed by atoms with E-state index in [2.05, 4.69) is 5.32 Å². The van der Waals surface area contributed by atoms with E-state index in [0.29, 0.717) is 5.56 Å². The van der Waals surface area contributed by atoms with Crippen LogP contribution in [0.1, 0.15) is 32.4 Å². The highest BCUT2D eigenvalue weighted by Gasteiger charge is 2.27. The van der Waals surface area contributed by atoms with Crippen molar-refractivity contribution in [2.45, 2.75) is 32.4 Å². The first-order chi connectivity index (χ1) is 8.29. The monoisotopic (exact) mass is 250 g/mol. The molecular weight excluding hydrogens is 232 g/mol. The summed E-state index contributed by atoms with van der Waals surface area (Å²) >= 11 is 0. The van der Waals surface area contributed by atoms with Crippen molar-refractivity contribution in [2.24, 2.45) is 5.73 Å². The van der Waals surface area contributed by atoms with Crippen molar-refractivity contribution >= 4 is 12.0 Å². The summed E-state index contributed by atoms with van der Waals surface area (Å²) in [7, 11) is 0. The number of urea groups is 1. The summed E-state index contributed by atoms with van der Waals surface area (Å²) in [5.41, 5.74) is 5.08. The number of nitrogens with one attached hydrogen (secondary N) is 1. The third-order valence-corrected chi connectivity index (χ3v) is 2.06. The third kappa shape index (κ3) is 4.45. The number of hydrogen-bond donors (Lipinski definition) is 2. The molecule has 0 aromatic heterocycles. The zero-order chi connectivity index (χ0) is 13.8. The van der Waals surface area contributed by atoms with Gasteiger partial charge in [0.15, 0.2) is 6.04 Å². The Morgan fingerprint density at radius 3 is 2.22 bits per heavy atom. The normalized spacial score (nSPS) is 12.6. The van der Waals surface area contributed by atoms with Crippen LogP contribution >= 0.6 is 0 Å². The van der Waals surface area contributed by atoms with Gasteiger partial charge in [-0.1, -0.05) is 30.3 Å². The number of nitrogens with two attached hydrogens (primary N) is 1. The average Bonchev–Trinajstić information content (AvgIpc) is 2.24. The van der Waals surface area contributed by atoms with Crippen molar-refractivity contribution in [3.05, 3.63) is 35.9 Å². The fourth-order valence-electron chi connectivity index (χ4n) is 1.43. The van der Waals surface area contributed by atoms with E-state index >= 15 is 0 Å². The molecule has 0 saturated carbocycles. The molecule has 0 radical (unpaired) electrons. The molecule has 0 unspecified atom stereocenters. The van der Waals surface area contributed by atoms with Crippen LogP contribution in [-0.4, -0.2) is 17.6 Å². The van der Waals surface area contributed by atoms with Crippen molar-refractivity contribution in [1.82, 2.24) is 5.32 Å². The largest absolute Gasteiger partial charge is 0.458 e. The fraction of sp³-hybridized carbons (Fsp3) is 0.385. The van der Waals surface area contributed by atoms with Crippen LogP contribution in [0.3, 0.4) is 0 Å². The topological polar surface area (TPSA) is 81.4 Å². The van der Waals surface area contributed by atoms with Crippen LogP contribution < -0.4 is 11.1 Å². The molecular formula is C13H18N2O3. The summed E-state index contributed by atoms with van der Waals surface area (Å²) in [5, 5.41) is 2.38. The highest BCUT2D eigenvalue weighted by molar-refractivity contribution is 5.84. The maximum absolute atomic E-state index is 12.0. The molecule has 1 aromatic rings. The summed E-state index contributed by atoms with van der Waals surface area (Å²) < 4.78 is 5.25. The maximum Gasteiger partial charge on any atom is 0.333 e. The van der Waals surface area contributed by atoms with E-state index in [9.17, 15) is 9.59 Å². The predicted octanol–water partition coefficient (Wildman–Crippen LogP) is 1.74. The first kappa shape index (κ1) is 14.0. The number of esters is 1. The molecule has 5 heteroatoms. The van der Waals surface area contributed by atoms with Crippen LogP contribution in [0.25, 0.3) is 0 Å². The van der Waals surface area contributed by atoms with Crippen LogP contribution in [0.5, 0.6) is 0 Å². The number of ether oxygens (including phenoxy) is 1. The van der Waals surface area contributed by atoms with E-state index in [1.807, 2.05) is 6.07 Å². The molecule has 0 aliphatic carbocycles. The third-order valence-electron chi connectivity index (χ3n) is 2.06. The average molecular weight is 250 g/mol. The van der Waals surface area contributed by atoms with E-state index in [1.165, 1.54) is 0 Å². The second-order valence-electron chi connectivity index (χ2n) is 4.89. The lowest BCUT2D eigenvalue weighted by molar-refractivity contribution is -0.157. The molecule has 0 aliphatic heterocycles. The van der Waals surface area contributed by atoms with Gasteiger partial charge in [-0.05, 0) is 26.3 Å². The number of benzene rings is 1. The van der Waals surface area contributed by atoms with Gasteiger partial charge in [-0.25, -0.2) is 9.59 Å². The molecule has 0 bridgehead atoms. The van der Waals surface area contributed by atoms with Gasteiger partial charge in [0.05, 0.1) is 0 Å². The smallest absolute Gasteiger partial charge is 0.333 e. The van der Waals surface area contributed by atoms with Crippen molar-refractivity contribution in [3.8, 4) is 0 Å². The zero-order valence-corrected chi connectivity index (χ0v) is 10.8. The van der Waals surface area contributed by atoms with Crippen LogP contribution in [0, 0.1) is 0 Å². The van der Waals surface area contributed by atoms with Gasteiger partial charge in [0.25, 0.3) is 0 Å². The first-order valence-electron chi connectivity index (χ1n) is 5.63. The zero-order valence-electron chi connectivity index (χ0n) is 10.8. The summed E-state index contributed by atoms with van der Waals surface area (Å²) in [4.78, 5) is 23.0. The van der Waals surface area contributed by atoms with Crippen molar-refractivity contribution < 1.29 is 14.3 Å². The van der Waals surface area contributed by atoms with Crippen LogP contribution in [0.4, 0.5) is 4.79 Å². The summed E-state index contributed by atoms with van der Waals surface area (Å²) in [5.74, 6) is -0.535. The molecule has 0 heterocycles. The first-order valence-corrected chi connectivity index (χ1v) is 5.63. The van der Waals surface area contributed by atoms with E-state index in [4.69, 9.17) is 10.5 Å². The molecule has 0 fully saturated rings. The number of amides is 2. The SMILES string of the molecule is CC(C)(C)OC(=O)[C@H](NC(N)=O)c1ccccc1. The van der Waals surface area contributed by atoms with E-state index in [1.54, 1.807) is 45.0 Å². The summed E-state index contributed by atoms with van der Waals surface area (Å²) in [6.07, 6.45) is 0. The molecule has 3 N–H and O–H groups in total. The van der Waals surface area contributed by atoms with Crippen LogP contribution in [0.15, 0.2) is 30.3 Å². The van der Waals surface area contributed by atoms with Gasteiger partial charge in [-0.15, -0.1) is 0 Å². The number of carbonyl (C=O) groups is 2. The van der Waals surface area contributed by atoms with E-state index < -0.39 is 23.6 Å². The number of hydrogen-bond acceptors (Lipinski definition) is 3. The lowest BCUT2D eigenvalue weighted by atomic mass is 10.1. The lowest BCUT2D eigenvalue weighted by Crippen LogP contribution is -2.40. The van der Waals surface area contributed by atoms with Gasteiger partial charge in [0.1, 0.15) is 5.60 Å². The Kier molecular flexibility index (Phi) is 4.31. The van der Waals surface area contributed by atoms with E-state index in [-0.39, 0.29) is 0 Å². The Hall–Kier alpha value is -2.04. The quantitative estimate of drug-likeness (QED) is 0.802. The number of rotatable bonds is 3. The molecule has 0 aliphatic rings. The predicted molar refractivity (Wildman–Crippen MR) is 67.7 cm³/mol. The van der Waals surface area contributed by atoms with Crippen LogP contribution in [0.2, 0.25) is 0 Å². The molecule has 1 aromatic carbocycles. The second-order valence-corrected chi connectivity index (χ2v) is 4.89. The van der Waals surface area contributed by atoms with Gasteiger partial charge in [-0.2, -0.15) is 0 Å². The molecule has 1 atom stereocenters. The summed E-state index contributed by atoms with van der Waals surface area (Å²) in [6.45, 7) is 5.28. The number of carbonyl (C=O) groups excluding carboxylic acids is 2. The summed E-state index contributed by atoms with van der Waals surface area (Å²) in [6, 6.07) is 7.16. The molecule has 18 heavy (non-hydrogen) atoms. The molecule has 5 nitrogen and oxygen atoms in total. The Balaban J connectivity index is 2.92. The highest BCUT2D eigenvalue weighted by atomic mass is 16.6. The van der Waals surface area contributed by atoms with Crippen molar-refractivity contribution in [3.63, 3.8) is 0 Å². The minimum atomic E-state index is -0.886. The Morgan fingerprint density at radius 2 is 1.78 bits per heavy atom. The molecule has 1 rings (SSSR count). The van der Waals surface area contributed by atoms with Gasteiger partial charge in [0, 0.05) is 0 Å².